The number of halogens is 1. The van der Waals surface area contributed by atoms with E-state index in [1.54, 1.807) is 0 Å². The number of fused-ring (bicyclic) bond motifs is 2. The molecule has 2 atom stereocenters. The van der Waals surface area contributed by atoms with Crippen LogP contribution < -0.4 is 4.72 Å². The van der Waals surface area contributed by atoms with Gasteiger partial charge in [-0.2, -0.15) is 0 Å². The highest BCUT2D eigenvalue weighted by Crippen LogP contribution is 2.32. The smallest absolute Gasteiger partial charge is 0.211 e. The molecule has 0 aliphatic carbocycles. The van der Waals surface area contributed by atoms with E-state index in [0.717, 1.165) is 12.8 Å². The Labute approximate surface area is 115 Å². The molecular formula is C12H23ClN2O2S. The summed E-state index contributed by atoms with van der Waals surface area (Å²) in [6, 6.07) is 1.23. The maximum Gasteiger partial charge on any atom is 0.211 e. The van der Waals surface area contributed by atoms with Crippen molar-refractivity contribution >= 4 is 21.6 Å². The maximum absolute atomic E-state index is 11.9. The fourth-order valence-electron chi connectivity index (χ4n) is 3.27. The zero-order chi connectivity index (χ0) is 13.2. The van der Waals surface area contributed by atoms with Crippen molar-refractivity contribution < 1.29 is 8.42 Å². The van der Waals surface area contributed by atoms with Gasteiger partial charge in [-0.3, -0.25) is 0 Å². The molecule has 2 saturated heterocycles. The van der Waals surface area contributed by atoms with Crippen LogP contribution in [0.15, 0.2) is 0 Å². The van der Waals surface area contributed by atoms with Crippen molar-refractivity contribution in [3.63, 3.8) is 0 Å². The number of nitrogens with zero attached hydrogens (tertiary/aromatic N) is 1. The van der Waals surface area contributed by atoms with Gasteiger partial charge in [0.05, 0.1) is 5.75 Å². The normalized spacial score (nSPS) is 33.6. The second kappa shape index (κ2) is 6.07. The van der Waals surface area contributed by atoms with E-state index in [1.807, 2.05) is 0 Å². The van der Waals surface area contributed by atoms with Gasteiger partial charge in [0, 0.05) is 24.0 Å². The Balaban J connectivity index is 1.91. The van der Waals surface area contributed by atoms with Gasteiger partial charge in [0.25, 0.3) is 0 Å². The van der Waals surface area contributed by atoms with Crippen LogP contribution in [0.3, 0.4) is 0 Å². The van der Waals surface area contributed by atoms with Crippen LogP contribution in [0.4, 0.5) is 0 Å². The third-order valence-electron chi connectivity index (χ3n) is 4.23. The number of piperidine rings is 2. The number of nitrogens with one attached hydrogen (secondary N) is 1. The Morgan fingerprint density at radius 2 is 1.89 bits per heavy atom. The van der Waals surface area contributed by atoms with E-state index >= 15 is 0 Å². The van der Waals surface area contributed by atoms with Gasteiger partial charge >= 0.3 is 0 Å². The van der Waals surface area contributed by atoms with Crippen LogP contribution in [0.1, 0.15) is 38.5 Å². The fourth-order valence-corrected chi connectivity index (χ4v) is 4.90. The molecule has 0 aromatic rings. The van der Waals surface area contributed by atoms with Crippen molar-refractivity contribution in [2.24, 2.45) is 0 Å². The number of rotatable bonds is 5. The molecule has 2 aliphatic rings. The Hall–Kier alpha value is 0.160. The van der Waals surface area contributed by atoms with E-state index < -0.39 is 10.0 Å². The molecule has 0 amide bonds. The molecule has 2 heterocycles. The van der Waals surface area contributed by atoms with E-state index in [9.17, 15) is 8.42 Å². The number of hydrogen-bond acceptors (Lipinski definition) is 3. The summed E-state index contributed by atoms with van der Waals surface area (Å²) in [5, 5.41) is 0. The molecule has 2 bridgehead atoms. The quantitative estimate of drug-likeness (QED) is 0.783. The SMILES string of the molecule is CN1C2CCCC1CC(NS(=O)(=O)CCCCl)C2. The summed E-state index contributed by atoms with van der Waals surface area (Å²) < 4.78 is 26.6. The molecule has 106 valence electrons. The standard InChI is InChI=1S/C12H23ClN2O2S/c1-15-11-4-2-5-12(15)9-10(8-11)14-18(16,17)7-3-6-13/h10-12,14H,2-9H2,1H3. The molecule has 0 aromatic heterocycles. The summed E-state index contributed by atoms with van der Waals surface area (Å²) in [6.07, 6.45) is 6.11. The fraction of sp³-hybridized carbons (Fsp3) is 1.00. The highest BCUT2D eigenvalue weighted by molar-refractivity contribution is 7.89. The van der Waals surface area contributed by atoms with E-state index in [2.05, 4.69) is 16.7 Å². The second-order valence-electron chi connectivity index (χ2n) is 5.55. The highest BCUT2D eigenvalue weighted by Gasteiger charge is 2.37. The van der Waals surface area contributed by atoms with E-state index in [1.165, 1.54) is 19.3 Å². The van der Waals surface area contributed by atoms with Gasteiger partial charge < -0.3 is 4.90 Å². The molecule has 0 spiro atoms. The third-order valence-corrected chi connectivity index (χ3v) is 6.02. The largest absolute Gasteiger partial charge is 0.300 e. The lowest BCUT2D eigenvalue weighted by Crippen LogP contribution is -2.55. The summed E-state index contributed by atoms with van der Waals surface area (Å²) in [5.74, 6) is 0.553. The molecule has 2 fully saturated rings. The molecule has 1 N–H and O–H groups in total. The highest BCUT2D eigenvalue weighted by atomic mass is 35.5. The topological polar surface area (TPSA) is 49.4 Å². The molecule has 0 radical (unpaired) electrons. The minimum atomic E-state index is -3.14. The molecule has 0 saturated carbocycles. The van der Waals surface area contributed by atoms with Crippen molar-refractivity contribution in [3.8, 4) is 0 Å². The summed E-state index contributed by atoms with van der Waals surface area (Å²) in [7, 11) is -0.971. The molecular weight excluding hydrogens is 272 g/mol. The van der Waals surface area contributed by atoms with Crippen LogP contribution >= 0.6 is 11.6 Å². The minimum Gasteiger partial charge on any atom is -0.300 e. The molecule has 2 rings (SSSR count). The van der Waals surface area contributed by atoms with Gasteiger partial charge in [0.1, 0.15) is 0 Å². The van der Waals surface area contributed by atoms with Crippen LogP contribution in [0.25, 0.3) is 0 Å². The first-order valence-electron chi connectivity index (χ1n) is 6.80. The van der Waals surface area contributed by atoms with Crippen LogP contribution in [-0.4, -0.2) is 50.1 Å². The minimum absolute atomic E-state index is 0.122. The lowest BCUT2D eigenvalue weighted by molar-refractivity contribution is 0.0536. The second-order valence-corrected chi connectivity index (χ2v) is 7.80. The Morgan fingerprint density at radius 3 is 2.44 bits per heavy atom. The lowest BCUT2D eigenvalue weighted by Gasteiger charge is -2.47. The third kappa shape index (κ3) is 3.59. The Bertz CT molecular complexity index is 360. The van der Waals surface area contributed by atoms with Gasteiger partial charge in [-0.1, -0.05) is 6.42 Å². The van der Waals surface area contributed by atoms with E-state index in [0.29, 0.717) is 24.4 Å². The first kappa shape index (κ1) is 14.6. The summed E-state index contributed by atoms with van der Waals surface area (Å²) in [4.78, 5) is 2.44. The van der Waals surface area contributed by atoms with Gasteiger partial charge in [-0.15, -0.1) is 11.6 Å². The first-order chi connectivity index (χ1) is 8.52. The average Bonchev–Trinajstić information content (AvgIpc) is 2.28. The molecule has 4 nitrogen and oxygen atoms in total. The van der Waals surface area contributed by atoms with Crippen LogP contribution in [0.5, 0.6) is 0 Å². The van der Waals surface area contributed by atoms with Crippen LogP contribution in [-0.2, 0) is 10.0 Å². The van der Waals surface area contributed by atoms with E-state index in [-0.39, 0.29) is 11.8 Å². The van der Waals surface area contributed by atoms with Crippen molar-refractivity contribution in [1.82, 2.24) is 9.62 Å². The maximum atomic E-state index is 11.9. The molecule has 0 aromatic carbocycles. The average molecular weight is 295 g/mol. The zero-order valence-electron chi connectivity index (χ0n) is 10.9. The van der Waals surface area contributed by atoms with E-state index in [4.69, 9.17) is 11.6 Å². The summed E-state index contributed by atoms with van der Waals surface area (Å²) in [5.41, 5.74) is 0. The zero-order valence-corrected chi connectivity index (χ0v) is 12.5. The molecule has 18 heavy (non-hydrogen) atoms. The van der Waals surface area contributed by atoms with Crippen molar-refractivity contribution in [1.29, 1.82) is 0 Å². The predicted molar refractivity (Wildman–Crippen MR) is 74.5 cm³/mol. The first-order valence-corrected chi connectivity index (χ1v) is 8.98. The van der Waals surface area contributed by atoms with Crippen molar-refractivity contribution in [3.05, 3.63) is 0 Å². The molecule has 6 heteroatoms. The van der Waals surface area contributed by atoms with Gasteiger partial charge in [0.2, 0.25) is 10.0 Å². The summed E-state index contributed by atoms with van der Waals surface area (Å²) >= 11 is 5.55. The van der Waals surface area contributed by atoms with Crippen molar-refractivity contribution in [2.75, 3.05) is 18.7 Å². The number of alkyl halides is 1. The Morgan fingerprint density at radius 1 is 1.28 bits per heavy atom. The number of sulfonamides is 1. The van der Waals surface area contributed by atoms with Gasteiger partial charge in [-0.25, -0.2) is 13.1 Å². The van der Waals surface area contributed by atoms with Crippen molar-refractivity contribution in [2.45, 2.75) is 56.7 Å². The van der Waals surface area contributed by atoms with Crippen LogP contribution in [0, 0.1) is 0 Å². The lowest BCUT2D eigenvalue weighted by atomic mass is 9.83. The van der Waals surface area contributed by atoms with Gasteiger partial charge in [-0.05, 0) is 39.2 Å². The number of hydrogen-bond donors (Lipinski definition) is 1. The molecule has 2 aliphatic heterocycles. The predicted octanol–water partition coefficient (Wildman–Crippen LogP) is 1.55. The van der Waals surface area contributed by atoms with Gasteiger partial charge in [0.15, 0.2) is 0 Å². The van der Waals surface area contributed by atoms with Crippen LogP contribution in [0.2, 0.25) is 0 Å². The Kier molecular flexibility index (Phi) is 4.92. The molecule has 2 unspecified atom stereocenters. The monoisotopic (exact) mass is 294 g/mol. The summed E-state index contributed by atoms with van der Waals surface area (Å²) in [6.45, 7) is 0.